The van der Waals surface area contributed by atoms with Crippen molar-refractivity contribution in [2.24, 2.45) is 0 Å². The largest absolute Gasteiger partial charge is 0 e. The van der Waals surface area contributed by atoms with Crippen molar-refractivity contribution in [2.45, 2.75) is 0 Å². The average Bonchev–Trinajstić information content (AvgIpc) is 0. The summed E-state index contributed by atoms with van der Waals surface area (Å²) in [6.07, 6.45) is 0. The van der Waals surface area contributed by atoms with Gasteiger partial charge in [-0.1, -0.05) is 0 Å². The molecule has 0 aliphatic rings. The van der Waals surface area contributed by atoms with E-state index in [2.05, 4.69) is 0 Å². The van der Waals surface area contributed by atoms with Crippen molar-refractivity contribution in [3.63, 3.8) is 0 Å². The van der Waals surface area contributed by atoms with Crippen LogP contribution in [0.5, 0.6) is 0 Å². The van der Waals surface area contributed by atoms with E-state index in [1.165, 1.54) is 0 Å². The molecule has 0 amide bonds. The molecule has 0 spiro atoms. The van der Waals surface area contributed by atoms with E-state index in [-0.39, 0.29) is 71.4 Å². The minimum absolute atomic E-state index is 0. The SMILES string of the molecule is [Co].[Mn].[Mo].[Ni]. The zero-order chi connectivity index (χ0) is 0. The van der Waals surface area contributed by atoms with Gasteiger partial charge in [-0.15, -0.1) is 0 Å². The molecule has 0 nitrogen and oxygen atoms in total. The fraction of sp³-hybridized carbons (Fsp3) is 0. The minimum Gasteiger partial charge on any atom is 0 e. The monoisotopic (exact) mass is 270 g/mol. The molecule has 0 aromatic carbocycles. The Bertz CT molecular complexity index is 8.00. The van der Waals surface area contributed by atoms with Crippen LogP contribution in [0.1, 0.15) is 0 Å². The van der Waals surface area contributed by atoms with Gasteiger partial charge in [0, 0.05) is 71.4 Å². The maximum absolute atomic E-state index is 0. The number of hydrogen-bond donors (Lipinski definition) is 0. The second-order valence-corrected chi connectivity index (χ2v) is 0. The van der Waals surface area contributed by atoms with Gasteiger partial charge in [0.2, 0.25) is 0 Å². The molecule has 0 saturated heterocycles. The van der Waals surface area contributed by atoms with Crippen LogP contribution in [0.2, 0.25) is 0 Å². The van der Waals surface area contributed by atoms with Crippen molar-refractivity contribution in [1.82, 2.24) is 0 Å². The van der Waals surface area contributed by atoms with Crippen molar-refractivity contribution >= 4 is 0 Å². The van der Waals surface area contributed by atoms with Gasteiger partial charge in [0.15, 0.2) is 0 Å². The molecule has 0 fully saturated rings. The molecule has 0 rings (SSSR count). The zero-order valence-corrected chi connectivity index (χ0v) is 6.65. The third-order valence-electron chi connectivity index (χ3n) is 0. The molecule has 0 unspecified atom stereocenters. The molecule has 0 atom stereocenters. The first-order valence-electron chi connectivity index (χ1n) is 0. The van der Waals surface area contributed by atoms with Crippen molar-refractivity contribution in [3.05, 3.63) is 0 Å². The van der Waals surface area contributed by atoms with Gasteiger partial charge in [-0.25, -0.2) is 0 Å². The zero-order valence-electron chi connectivity index (χ0n) is 1.44. The Kier molecular flexibility index (Phi) is 163. The van der Waals surface area contributed by atoms with Crippen LogP contribution < -0.4 is 0 Å². The van der Waals surface area contributed by atoms with E-state index in [9.17, 15) is 0 Å². The smallest absolute Gasteiger partial charge is 0 e. The van der Waals surface area contributed by atoms with Gasteiger partial charge >= 0.3 is 0 Å². The Morgan fingerprint density at radius 3 is 1.00 bits per heavy atom. The molecule has 2 radical (unpaired) electrons. The molecule has 0 saturated carbocycles. The van der Waals surface area contributed by atoms with Crippen LogP contribution in [0, 0.1) is 0 Å². The van der Waals surface area contributed by atoms with Gasteiger partial charge in [-0.05, 0) is 0 Å². The summed E-state index contributed by atoms with van der Waals surface area (Å²) in [5.41, 5.74) is 0. The van der Waals surface area contributed by atoms with Crippen molar-refractivity contribution < 1.29 is 71.4 Å². The van der Waals surface area contributed by atoms with E-state index >= 15 is 0 Å². The van der Waals surface area contributed by atoms with Gasteiger partial charge in [-0.3, -0.25) is 0 Å². The van der Waals surface area contributed by atoms with Gasteiger partial charge in [0.1, 0.15) is 0 Å². The van der Waals surface area contributed by atoms with E-state index in [4.69, 9.17) is 0 Å². The molecule has 4 heteroatoms. The van der Waals surface area contributed by atoms with Crippen molar-refractivity contribution in [1.29, 1.82) is 0 Å². The summed E-state index contributed by atoms with van der Waals surface area (Å²) in [6.45, 7) is 0. The fourth-order valence-corrected chi connectivity index (χ4v) is 0. The third kappa shape index (κ3) is 8.88. The van der Waals surface area contributed by atoms with Crippen LogP contribution in [0.25, 0.3) is 0 Å². The molecular formula is CoMnMoNi. The van der Waals surface area contributed by atoms with Crippen LogP contribution >= 0.6 is 0 Å². The summed E-state index contributed by atoms with van der Waals surface area (Å²) in [4.78, 5) is 0. The predicted molar refractivity (Wildman–Crippen MR) is 0 cm³/mol. The van der Waals surface area contributed by atoms with Gasteiger partial charge < -0.3 is 0 Å². The van der Waals surface area contributed by atoms with Crippen LogP contribution in [0.3, 0.4) is 0 Å². The number of hydrogen-bond acceptors (Lipinski definition) is 0. The summed E-state index contributed by atoms with van der Waals surface area (Å²) >= 11 is 0. The first-order valence-corrected chi connectivity index (χ1v) is 0. The molecule has 0 aromatic rings. The molecule has 32 valence electrons. The van der Waals surface area contributed by atoms with Crippen molar-refractivity contribution in [2.75, 3.05) is 0 Å². The summed E-state index contributed by atoms with van der Waals surface area (Å²) < 4.78 is 0. The van der Waals surface area contributed by atoms with E-state index in [0.29, 0.717) is 0 Å². The number of rotatable bonds is 0. The molecule has 0 aliphatic heterocycles. The van der Waals surface area contributed by atoms with Crippen LogP contribution in [-0.4, -0.2) is 0 Å². The Balaban J connectivity index is 0. The molecule has 0 aromatic heterocycles. The van der Waals surface area contributed by atoms with E-state index < -0.39 is 0 Å². The van der Waals surface area contributed by atoms with Crippen LogP contribution in [-0.2, 0) is 71.4 Å². The van der Waals surface area contributed by atoms with Crippen LogP contribution in [0.4, 0.5) is 0 Å². The quantitative estimate of drug-likeness (QED) is 0.542. The van der Waals surface area contributed by atoms with Gasteiger partial charge in [0.25, 0.3) is 0 Å². The first kappa shape index (κ1) is 34.5. The van der Waals surface area contributed by atoms with Crippen LogP contribution in [0.15, 0.2) is 0 Å². The Morgan fingerprint density at radius 1 is 1.00 bits per heavy atom. The molecule has 0 bridgehead atoms. The molecular weight excluding hydrogens is 269 g/mol. The second kappa shape index (κ2) is 18.9. The van der Waals surface area contributed by atoms with Gasteiger partial charge in [0.05, 0.1) is 0 Å². The predicted octanol–water partition coefficient (Wildman–Crippen LogP) is -0.0100. The second-order valence-electron chi connectivity index (χ2n) is 0. The molecule has 0 heterocycles. The van der Waals surface area contributed by atoms with E-state index in [1.807, 2.05) is 0 Å². The Labute approximate surface area is 70.7 Å². The summed E-state index contributed by atoms with van der Waals surface area (Å²) in [5.74, 6) is 0. The Morgan fingerprint density at radius 2 is 1.00 bits per heavy atom. The molecule has 4 heavy (non-hydrogen) atoms. The Hall–Kier alpha value is 2.21. The summed E-state index contributed by atoms with van der Waals surface area (Å²) in [5, 5.41) is 0. The standard InChI is InChI=1S/Co.Mn.Mo.Ni. The minimum atomic E-state index is 0. The van der Waals surface area contributed by atoms with E-state index in [1.54, 1.807) is 0 Å². The van der Waals surface area contributed by atoms with E-state index in [0.717, 1.165) is 0 Å². The topological polar surface area (TPSA) is 0 Å². The summed E-state index contributed by atoms with van der Waals surface area (Å²) in [7, 11) is 0. The normalized spacial score (nSPS) is 0. The average molecular weight is 269 g/mol. The summed E-state index contributed by atoms with van der Waals surface area (Å²) in [6, 6.07) is 0. The third-order valence-corrected chi connectivity index (χ3v) is 0. The van der Waals surface area contributed by atoms with Gasteiger partial charge in [-0.2, -0.15) is 0 Å². The van der Waals surface area contributed by atoms with Crippen molar-refractivity contribution in [3.8, 4) is 0 Å². The first-order chi connectivity index (χ1) is 0. The molecule has 0 N–H and O–H groups in total. The maximum atomic E-state index is 0. The molecule has 0 aliphatic carbocycles. The fourth-order valence-electron chi connectivity index (χ4n) is 0. The maximum Gasteiger partial charge on any atom is 0 e.